The molecule has 72 valence electrons. The normalized spacial score (nSPS) is 9.69. The van der Waals surface area contributed by atoms with Crippen molar-refractivity contribution in [2.45, 2.75) is 6.92 Å². The molecule has 6 heteroatoms. The molecule has 0 spiro atoms. The summed E-state index contributed by atoms with van der Waals surface area (Å²) in [6.07, 6.45) is 0. The number of nitrogens with two attached hydrogens (primary N) is 1. The summed E-state index contributed by atoms with van der Waals surface area (Å²) in [5.41, 5.74) is 5.51. The molecule has 0 aliphatic carbocycles. The lowest BCUT2D eigenvalue weighted by atomic mass is 10.5. The number of nitrogens with one attached hydrogen (secondary N) is 1. The molecule has 0 aliphatic heterocycles. The fourth-order valence-electron chi connectivity index (χ4n) is 0.782. The molecular formula is C7H11N3O2S. The maximum Gasteiger partial charge on any atom is 0.352 e. The molecule has 1 aromatic heterocycles. The van der Waals surface area contributed by atoms with Crippen molar-refractivity contribution in [3.8, 4) is 0 Å². The van der Waals surface area contributed by atoms with Gasteiger partial charge in [-0.2, -0.15) is 0 Å². The van der Waals surface area contributed by atoms with Gasteiger partial charge in [0.15, 0.2) is 15.8 Å². The summed E-state index contributed by atoms with van der Waals surface area (Å²) < 4.78 is 4.79. The van der Waals surface area contributed by atoms with Gasteiger partial charge in [-0.15, -0.1) is 0 Å². The Morgan fingerprint density at radius 1 is 1.77 bits per heavy atom. The number of aromatic nitrogens is 1. The first-order valence-corrected chi connectivity index (χ1v) is 4.61. The highest BCUT2D eigenvalue weighted by Gasteiger charge is 2.16. The van der Waals surface area contributed by atoms with Crippen LogP contribution >= 0.6 is 11.3 Å². The zero-order valence-corrected chi connectivity index (χ0v) is 8.27. The van der Waals surface area contributed by atoms with Crippen LogP contribution in [0.2, 0.25) is 0 Å². The number of hydrogen-bond donors (Lipinski definition) is 2. The third kappa shape index (κ3) is 2.09. The molecule has 1 rings (SSSR count). The van der Waals surface area contributed by atoms with E-state index in [1.165, 1.54) is 11.3 Å². The second kappa shape index (κ2) is 4.08. The Balaban J connectivity index is 2.87. The Kier molecular flexibility index (Phi) is 3.07. The molecule has 0 saturated heterocycles. The summed E-state index contributed by atoms with van der Waals surface area (Å²) in [6, 6.07) is 0. The highest BCUT2D eigenvalue weighted by atomic mass is 32.1. The first-order chi connectivity index (χ1) is 6.19. The van der Waals surface area contributed by atoms with Crippen LogP contribution < -0.4 is 11.1 Å². The number of anilines is 2. The van der Waals surface area contributed by atoms with Crippen molar-refractivity contribution in [3.63, 3.8) is 0 Å². The number of rotatable bonds is 3. The summed E-state index contributed by atoms with van der Waals surface area (Å²) in [4.78, 5) is 15.5. The first-order valence-electron chi connectivity index (χ1n) is 3.80. The van der Waals surface area contributed by atoms with E-state index < -0.39 is 5.97 Å². The summed E-state index contributed by atoms with van der Waals surface area (Å²) in [7, 11) is 1.72. The number of nitrogens with zero attached hydrogens (tertiary/aromatic N) is 1. The van der Waals surface area contributed by atoms with Crippen molar-refractivity contribution >= 4 is 28.3 Å². The number of ether oxygens (including phenoxy) is 1. The van der Waals surface area contributed by atoms with Gasteiger partial charge in [-0.25, -0.2) is 9.78 Å². The zero-order valence-electron chi connectivity index (χ0n) is 7.46. The minimum absolute atomic E-state index is 0.216. The van der Waals surface area contributed by atoms with Gasteiger partial charge in [0, 0.05) is 7.05 Å². The van der Waals surface area contributed by atoms with Crippen molar-refractivity contribution < 1.29 is 9.53 Å². The SMILES string of the molecule is CCOC(=O)c1sc(NC)nc1N. The van der Waals surface area contributed by atoms with Gasteiger partial charge in [-0.1, -0.05) is 11.3 Å². The number of carbonyl (C=O) groups is 1. The topological polar surface area (TPSA) is 77.2 Å². The molecule has 0 aliphatic rings. The summed E-state index contributed by atoms with van der Waals surface area (Å²) >= 11 is 1.19. The van der Waals surface area contributed by atoms with Crippen LogP contribution in [0.15, 0.2) is 0 Å². The van der Waals surface area contributed by atoms with Gasteiger partial charge in [-0.3, -0.25) is 0 Å². The molecule has 1 heterocycles. The summed E-state index contributed by atoms with van der Waals surface area (Å²) in [5.74, 6) is -0.202. The monoisotopic (exact) mass is 201 g/mol. The average molecular weight is 201 g/mol. The van der Waals surface area contributed by atoms with Crippen LogP contribution in [0.1, 0.15) is 16.6 Å². The Morgan fingerprint density at radius 3 is 2.92 bits per heavy atom. The fourth-order valence-corrected chi connectivity index (χ4v) is 1.51. The Hall–Kier alpha value is -1.30. The second-order valence-electron chi connectivity index (χ2n) is 2.20. The van der Waals surface area contributed by atoms with Crippen molar-refractivity contribution in [2.75, 3.05) is 24.7 Å². The van der Waals surface area contributed by atoms with E-state index in [0.29, 0.717) is 16.6 Å². The van der Waals surface area contributed by atoms with Crippen LogP contribution in [-0.2, 0) is 4.74 Å². The molecule has 0 bridgehead atoms. The van der Waals surface area contributed by atoms with E-state index in [2.05, 4.69) is 10.3 Å². The molecule has 3 N–H and O–H groups in total. The molecule has 13 heavy (non-hydrogen) atoms. The van der Waals surface area contributed by atoms with Gasteiger partial charge in [-0.05, 0) is 6.92 Å². The van der Waals surface area contributed by atoms with Gasteiger partial charge >= 0.3 is 5.97 Å². The molecule has 0 unspecified atom stereocenters. The molecule has 0 atom stereocenters. The smallest absolute Gasteiger partial charge is 0.352 e. The Bertz CT molecular complexity index is 311. The van der Waals surface area contributed by atoms with Gasteiger partial charge in [0.1, 0.15) is 0 Å². The van der Waals surface area contributed by atoms with Crippen molar-refractivity contribution in [3.05, 3.63) is 4.88 Å². The summed E-state index contributed by atoms with van der Waals surface area (Å²) in [5, 5.41) is 3.42. The molecule has 0 aromatic carbocycles. The molecule has 0 amide bonds. The molecule has 5 nitrogen and oxygen atoms in total. The van der Waals surface area contributed by atoms with Crippen LogP contribution in [0.3, 0.4) is 0 Å². The van der Waals surface area contributed by atoms with Crippen LogP contribution in [-0.4, -0.2) is 24.6 Å². The number of hydrogen-bond acceptors (Lipinski definition) is 6. The minimum atomic E-state index is -0.418. The average Bonchev–Trinajstić information content (AvgIpc) is 2.47. The first kappa shape index (κ1) is 9.79. The van der Waals surface area contributed by atoms with Gasteiger partial charge in [0.05, 0.1) is 6.61 Å². The molecular weight excluding hydrogens is 190 g/mol. The Morgan fingerprint density at radius 2 is 2.46 bits per heavy atom. The maximum atomic E-state index is 11.2. The van der Waals surface area contributed by atoms with Crippen LogP contribution in [0.5, 0.6) is 0 Å². The molecule has 1 aromatic rings. The van der Waals surface area contributed by atoms with E-state index >= 15 is 0 Å². The van der Waals surface area contributed by atoms with Gasteiger partial charge < -0.3 is 15.8 Å². The predicted molar refractivity (Wildman–Crippen MR) is 52.0 cm³/mol. The number of thiazole rings is 1. The largest absolute Gasteiger partial charge is 0.462 e. The Labute approximate surface area is 79.9 Å². The minimum Gasteiger partial charge on any atom is -0.462 e. The number of esters is 1. The quantitative estimate of drug-likeness (QED) is 0.712. The highest BCUT2D eigenvalue weighted by Crippen LogP contribution is 2.24. The standard InChI is InChI=1S/C7H11N3O2S/c1-3-12-6(11)4-5(8)10-7(9-2)13-4/h3,8H2,1-2H3,(H,9,10). The van der Waals surface area contributed by atoms with Crippen molar-refractivity contribution in [1.82, 2.24) is 4.98 Å². The van der Waals surface area contributed by atoms with E-state index in [0.717, 1.165) is 0 Å². The second-order valence-corrected chi connectivity index (χ2v) is 3.20. The summed E-state index contributed by atoms with van der Waals surface area (Å²) in [6.45, 7) is 2.08. The third-order valence-electron chi connectivity index (χ3n) is 1.33. The van der Waals surface area contributed by atoms with E-state index in [1.54, 1.807) is 14.0 Å². The molecule has 0 fully saturated rings. The fraction of sp³-hybridized carbons (Fsp3) is 0.429. The predicted octanol–water partition coefficient (Wildman–Crippen LogP) is 0.944. The van der Waals surface area contributed by atoms with Crippen molar-refractivity contribution in [2.24, 2.45) is 0 Å². The van der Waals surface area contributed by atoms with Crippen LogP contribution in [0.25, 0.3) is 0 Å². The van der Waals surface area contributed by atoms with E-state index in [4.69, 9.17) is 10.5 Å². The number of carbonyl (C=O) groups excluding carboxylic acids is 1. The zero-order chi connectivity index (χ0) is 9.84. The highest BCUT2D eigenvalue weighted by molar-refractivity contribution is 7.17. The molecule has 0 saturated carbocycles. The van der Waals surface area contributed by atoms with E-state index in [1.807, 2.05) is 0 Å². The van der Waals surface area contributed by atoms with Gasteiger partial charge in [0.25, 0.3) is 0 Å². The van der Waals surface area contributed by atoms with E-state index in [-0.39, 0.29) is 5.82 Å². The number of nitrogen functional groups attached to an aromatic ring is 1. The molecule has 0 radical (unpaired) electrons. The lowest BCUT2D eigenvalue weighted by Gasteiger charge is -1.97. The van der Waals surface area contributed by atoms with Gasteiger partial charge in [0.2, 0.25) is 0 Å². The van der Waals surface area contributed by atoms with Crippen LogP contribution in [0.4, 0.5) is 10.9 Å². The van der Waals surface area contributed by atoms with Crippen LogP contribution in [0, 0.1) is 0 Å². The maximum absolute atomic E-state index is 11.2. The van der Waals surface area contributed by atoms with Crippen molar-refractivity contribution in [1.29, 1.82) is 0 Å². The lowest BCUT2D eigenvalue weighted by molar-refractivity contribution is 0.0533. The van der Waals surface area contributed by atoms with E-state index in [9.17, 15) is 4.79 Å². The lowest BCUT2D eigenvalue weighted by Crippen LogP contribution is -2.05. The third-order valence-corrected chi connectivity index (χ3v) is 2.40.